The highest BCUT2D eigenvalue weighted by atomic mass is 16.5. The van der Waals surface area contributed by atoms with Crippen LogP contribution in [0.2, 0.25) is 0 Å². The highest BCUT2D eigenvalue weighted by Gasteiger charge is 2.17. The summed E-state index contributed by atoms with van der Waals surface area (Å²) >= 11 is 0. The molecule has 4 aromatic rings. The first kappa shape index (κ1) is 23.6. The highest BCUT2D eigenvalue weighted by Crippen LogP contribution is 2.40. The Bertz CT molecular complexity index is 1310. The number of hydrogen-bond acceptors (Lipinski definition) is 9. The molecule has 0 spiro atoms. The Morgan fingerprint density at radius 1 is 1.00 bits per heavy atom. The van der Waals surface area contributed by atoms with E-state index < -0.39 is 0 Å². The third-order valence-corrected chi connectivity index (χ3v) is 5.16. The van der Waals surface area contributed by atoms with E-state index in [4.69, 9.17) is 19.3 Å². The Balaban J connectivity index is 1.70. The van der Waals surface area contributed by atoms with Gasteiger partial charge in [-0.3, -0.25) is 4.79 Å². The van der Waals surface area contributed by atoms with Crippen molar-refractivity contribution in [3.8, 4) is 17.2 Å². The molecule has 0 aliphatic heterocycles. The molecule has 5 N–H and O–H groups in total. The van der Waals surface area contributed by atoms with Gasteiger partial charge in [-0.2, -0.15) is 9.97 Å². The van der Waals surface area contributed by atoms with E-state index in [1.807, 2.05) is 12.1 Å². The molecule has 0 unspecified atom stereocenters. The molecule has 0 saturated carbocycles. The Morgan fingerprint density at radius 3 is 2.43 bits per heavy atom. The molecule has 4 rings (SSSR count). The number of amides is 1. The lowest BCUT2D eigenvalue weighted by molar-refractivity contribution is 0.0945. The molecule has 11 nitrogen and oxygen atoms in total. The summed E-state index contributed by atoms with van der Waals surface area (Å²) in [4.78, 5) is 24.8. The van der Waals surface area contributed by atoms with Crippen molar-refractivity contribution < 1.29 is 24.1 Å². The van der Waals surface area contributed by atoms with Gasteiger partial charge in [-0.1, -0.05) is 12.1 Å². The first-order chi connectivity index (χ1) is 17.1. The van der Waals surface area contributed by atoms with E-state index in [-0.39, 0.29) is 19.1 Å². The van der Waals surface area contributed by atoms with Crippen LogP contribution in [-0.4, -0.2) is 60.4 Å². The van der Waals surface area contributed by atoms with E-state index >= 15 is 0 Å². The maximum Gasteiger partial charge on any atom is 0.253 e. The number of nitrogens with one attached hydrogen (secondary N) is 4. The average Bonchev–Trinajstić information content (AvgIpc) is 3.36. The molecule has 11 heteroatoms. The largest absolute Gasteiger partial charge is 0.493 e. The number of para-hydroxylation sites is 1. The second-order valence-corrected chi connectivity index (χ2v) is 7.32. The van der Waals surface area contributed by atoms with E-state index in [2.05, 4.69) is 30.9 Å². The average molecular weight is 479 g/mol. The van der Waals surface area contributed by atoms with E-state index in [0.717, 1.165) is 5.39 Å². The zero-order valence-electron chi connectivity index (χ0n) is 19.5. The molecule has 2 heterocycles. The molecule has 0 bridgehead atoms. The summed E-state index contributed by atoms with van der Waals surface area (Å²) in [5.41, 5.74) is 2.20. The lowest BCUT2D eigenvalue weighted by Gasteiger charge is -2.15. The van der Waals surface area contributed by atoms with Crippen molar-refractivity contribution in [2.75, 3.05) is 45.1 Å². The molecule has 0 fully saturated rings. The third kappa shape index (κ3) is 5.04. The number of carbonyl (C=O) groups excluding carboxylic acids is 1. The van der Waals surface area contributed by atoms with Gasteiger partial charge >= 0.3 is 0 Å². The standard InChI is InChI=1S/C24H26N6O5/c1-33-18-12-14(13-19(34-2)20(18)35-3)27-24-29-21-16(8-9-25-21)22(30-24)28-17-7-5-4-6-15(17)23(32)26-10-11-31/h4-9,12-13,31H,10-11H2,1-3H3,(H,26,32)(H3,25,27,28,29,30). The smallest absolute Gasteiger partial charge is 0.253 e. The van der Waals surface area contributed by atoms with Crippen LogP contribution in [0.5, 0.6) is 17.2 Å². The van der Waals surface area contributed by atoms with Gasteiger partial charge < -0.3 is 40.3 Å². The summed E-state index contributed by atoms with van der Waals surface area (Å²) in [7, 11) is 4.62. The van der Waals surface area contributed by atoms with Gasteiger partial charge in [0, 0.05) is 30.6 Å². The maximum absolute atomic E-state index is 12.6. The van der Waals surface area contributed by atoms with E-state index in [1.54, 1.807) is 50.7 Å². The number of fused-ring (bicyclic) bond motifs is 1. The van der Waals surface area contributed by atoms with Crippen LogP contribution in [0, 0.1) is 0 Å². The van der Waals surface area contributed by atoms with Crippen LogP contribution in [0.4, 0.5) is 23.1 Å². The van der Waals surface area contributed by atoms with Crippen molar-refractivity contribution in [3.63, 3.8) is 0 Å². The zero-order valence-corrected chi connectivity index (χ0v) is 19.5. The number of H-pyrrole nitrogens is 1. The summed E-state index contributed by atoms with van der Waals surface area (Å²) in [6.07, 6.45) is 1.76. The lowest BCUT2D eigenvalue weighted by atomic mass is 10.1. The molecule has 0 radical (unpaired) electrons. The predicted octanol–water partition coefficient (Wildman–Crippen LogP) is 3.19. The molecule has 0 aliphatic rings. The van der Waals surface area contributed by atoms with Crippen LogP contribution in [0.15, 0.2) is 48.7 Å². The lowest BCUT2D eigenvalue weighted by Crippen LogP contribution is -2.27. The van der Waals surface area contributed by atoms with Crippen LogP contribution in [-0.2, 0) is 0 Å². The first-order valence-corrected chi connectivity index (χ1v) is 10.7. The molecule has 35 heavy (non-hydrogen) atoms. The second-order valence-electron chi connectivity index (χ2n) is 7.32. The summed E-state index contributed by atoms with van der Waals surface area (Å²) in [6.45, 7) is 0.0127. The first-order valence-electron chi connectivity index (χ1n) is 10.7. The van der Waals surface area contributed by atoms with E-state index in [0.29, 0.717) is 51.6 Å². The summed E-state index contributed by atoms with van der Waals surface area (Å²) in [5, 5.41) is 18.9. The molecule has 0 aliphatic carbocycles. The van der Waals surface area contributed by atoms with Crippen LogP contribution in [0.3, 0.4) is 0 Å². The van der Waals surface area contributed by atoms with Gasteiger partial charge in [0.1, 0.15) is 11.5 Å². The highest BCUT2D eigenvalue weighted by molar-refractivity contribution is 6.01. The molecular formula is C24H26N6O5. The van der Waals surface area contributed by atoms with E-state index in [9.17, 15) is 4.79 Å². The molecular weight excluding hydrogens is 452 g/mol. The Hall–Kier alpha value is -4.51. The van der Waals surface area contributed by atoms with Crippen molar-refractivity contribution >= 4 is 40.1 Å². The minimum absolute atomic E-state index is 0.146. The second kappa shape index (κ2) is 10.6. The molecule has 182 valence electrons. The molecule has 1 amide bonds. The van der Waals surface area contributed by atoms with Crippen LogP contribution in [0.25, 0.3) is 11.0 Å². The van der Waals surface area contributed by atoms with Crippen LogP contribution < -0.4 is 30.2 Å². The summed E-state index contributed by atoms with van der Waals surface area (Å²) < 4.78 is 16.2. The van der Waals surface area contributed by atoms with Gasteiger partial charge in [-0.15, -0.1) is 0 Å². The van der Waals surface area contributed by atoms with E-state index in [1.165, 1.54) is 7.11 Å². The van der Waals surface area contributed by atoms with Crippen molar-refractivity contribution in [1.29, 1.82) is 0 Å². The number of hydrogen-bond donors (Lipinski definition) is 5. The van der Waals surface area contributed by atoms with Crippen molar-refractivity contribution in [2.45, 2.75) is 0 Å². The van der Waals surface area contributed by atoms with Gasteiger partial charge in [-0.25, -0.2) is 0 Å². The Kier molecular flexibility index (Phi) is 7.17. The van der Waals surface area contributed by atoms with Crippen molar-refractivity contribution in [3.05, 3.63) is 54.2 Å². The number of ether oxygens (including phenoxy) is 3. The zero-order chi connectivity index (χ0) is 24.8. The number of aliphatic hydroxyl groups excluding tert-OH is 1. The van der Waals surface area contributed by atoms with Gasteiger partial charge in [0.15, 0.2) is 11.5 Å². The number of aromatic amines is 1. The molecule has 0 saturated heterocycles. The molecule has 2 aromatic carbocycles. The molecule has 2 aromatic heterocycles. The maximum atomic E-state index is 12.6. The fourth-order valence-electron chi connectivity index (χ4n) is 3.56. The van der Waals surface area contributed by atoms with Crippen molar-refractivity contribution in [1.82, 2.24) is 20.3 Å². The Morgan fingerprint density at radius 2 is 1.74 bits per heavy atom. The van der Waals surface area contributed by atoms with Gasteiger partial charge in [-0.05, 0) is 18.2 Å². The number of benzene rings is 2. The number of carbonyl (C=O) groups is 1. The summed E-state index contributed by atoms with van der Waals surface area (Å²) in [5.74, 6) is 1.93. The minimum Gasteiger partial charge on any atom is -0.493 e. The number of nitrogens with zero attached hydrogens (tertiary/aromatic N) is 2. The SMILES string of the molecule is COc1cc(Nc2nc(Nc3ccccc3C(=O)NCCO)c3cc[nH]c3n2)cc(OC)c1OC. The number of anilines is 4. The van der Waals surface area contributed by atoms with Gasteiger partial charge in [0.2, 0.25) is 11.7 Å². The van der Waals surface area contributed by atoms with Crippen LogP contribution >= 0.6 is 0 Å². The minimum atomic E-state index is -0.308. The van der Waals surface area contributed by atoms with Gasteiger partial charge in [0.05, 0.1) is 44.6 Å². The fraction of sp³-hybridized carbons (Fsp3) is 0.208. The fourth-order valence-corrected chi connectivity index (χ4v) is 3.56. The van der Waals surface area contributed by atoms with Gasteiger partial charge in [0.25, 0.3) is 5.91 Å². The molecule has 0 atom stereocenters. The topological polar surface area (TPSA) is 143 Å². The normalized spacial score (nSPS) is 10.6. The van der Waals surface area contributed by atoms with Crippen LogP contribution in [0.1, 0.15) is 10.4 Å². The summed E-state index contributed by atoms with van der Waals surface area (Å²) in [6, 6.07) is 12.4. The predicted molar refractivity (Wildman–Crippen MR) is 132 cm³/mol. The quantitative estimate of drug-likeness (QED) is 0.232. The number of aromatic nitrogens is 3. The third-order valence-electron chi connectivity index (χ3n) is 5.16. The van der Waals surface area contributed by atoms with Crippen molar-refractivity contribution in [2.24, 2.45) is 0 Å². The monoisotopic (exact) mass is 478 g/mol. The number of aliphatic hydroxyl groups is 1. The number of methoxy groups -OCH3 is 3. The Labute approximate surface area is 201 Å². The number of rotatable bonds is 10.